The molecular formula is C23H29N7O4. The SMILES string of the molecule is COc1cc(C(=O)N2CCN(c3cc(C)nc4ncnn34)CC2)ccc1OCC(=O)NC(C)C. The maximum absolute atomic E-state index is 13.1. The summed E-state index contributed by atoms with van der Waals surface area (Å²) in [7, 11) is 1.50. The van der Waals surface area contributed by atoms with Crippen molar-refractivity contribution in [3.8, 4) is 11.5 Å². The van der Waals surface area contributed by atoms with Crippen LogP contribution in [-0.4, -0.2) is 82.2 Å². The number of amides is 2. The van der Waals surface area contributed by atoms with Crippen LogP contribution in [0.5, 0.6) is 11.5 Å². The average molecular weight is 468 g/mol. The third kappa shape index (κ3) is 5.03. The largest absolute Gasteiger partial charge is 0.493 e. The predicted molar refractivity (Wildman–Crippen MR) is 125 cm³/mol. The van der Waals surface area contributed by atoms with Gasteiger partial charge >= 0.3 is 0 Å². The quantitative estimate of drug-likeness (QED) is 0.553. The zero-order valence-corrected chi connectivity index (χ0v) is 19.8. The summed E-state index contributed by atoms with van der Waals surface area (Å²) in [6.07, 6.45) is 1.49. The van der Waals surface area contributed by atoms with E-state index in [4.69, 9.17) is 9.47 Å². The summed E-state index contributed by atoms with van der Waals surface area (Å²) < 4.78 is 12.7. The molecule has 1 aliphatic rings. The van der Waals surface area contributed by atoms with Crippen molar-refractivity contribution in [3.63, 3.8) is 0 Å². The van der Waals surface area contributed by atoms with Gasteiger partial charge in [-0.1, -0.05) is 0 Å². The summed E-state index contributed by atoms with van der Waals surface area (Å²) in [4.78, 5) is 37.6. The Kier molecular flexibility index (Phi) is 6.80. The summed E-state index contributed by atoms with van der Waals surface area (Å²) in [5, 5.41) is 7.04. The molecule has 1 aromatic carbocycles. The monoisotopic (exact) mass is 467 g/mol. The molecule has 2 aromatic heterocycles. The van der Waals surface area contributed by atoms with Crippen LogP contribution in [-0.2, 0) is 4.79 Å². The van der Waals surface area contributed by atoms with Crippen LogP contribution < -0.4 is 19.7 Å². The summed E-state index contributed by atoms with van der Waals surface area (Å²) in [5.41, 5.74) is 1.37. The van der Waals surface area contributed by atoms with E-state index < -0.39 is 0 Å². The van der Waals surface area contributed by atoms with Crippen molar-refractivity contribution in [2.75, 3.05) is 44.8 Å². The summed E-state index contributed by atoms with van der Waals surface area (Å²) in [6, 6.07) is 7.01. The Morgan fingerprint density at radius 1 is 1.12 bits per heavy atom. The number of aromatic nitrogens is 4. The average Bonchev–Trinajstić information content (AvgIpc) is 3.29. The second-order valence-corrected chi connectivity index (χ2v) is 8.38. The standard InChI is InChI=1S/C23H29N7O4/c1-15(2)26-20(31)13-34-18-6-5-17(12-19(18)33-4)22(32)29-9-7-28(8-10-29)21-11-16(3)27-23-24-14-25-30(21)23/h5-6,11-12,14-15H,7-10,13H2,1-4H3,(H,26,31). The molecule has 2 amide bonds. The van der Waals surface area contributed by atoms with Gasteiger partial charge in [0.05, 0.1) is 7.11 Å². The van der Waals surface area contributed by atoms with E-state index >= 15 is 0 Å². The first-order valence-electron chi connectivity index (χ1n) is 11.2. The number of hydrogen-bond donors (Lipinski definition) is 1. The lowest BCUT2D eigenvalue weighted by atomic mass is 10.1. The summed E-state index contributed by atoms with van der Waals surface area (Å²) in [5.74, 6) is 1.98. The summed E-state index contributed by atoms with van der Waals surface area (Å²) in [6.45, 7) is 8.00. The van der Waals surface area contributed by atoms with Gasteiger partial charge < -0.3 is 24.6 Å². The van der Waals surface area contributed by atoms with Gasteiger partial charge in [0.25, 0.3) is 17.6 Å². The highest BCUT2D eigenvalue weighted by Crippen LogP contribution is 2.29. The van der Waals surface area contributed by atoms with E-state index in [9.17, 15) is 9.59 Å². The number of carbonyl (C=O) groups excluding carboxylic acids is 2. The molecule has 180 valence electrons. The Morgan fingerprint density at radius 2 is 1.88 bits per heavy atom. The fourth-order valence-electron chi connectivity index (χ4n) is 3.88. The number of methoxy groups -OCH3 is 1. The maximum Gasteiger partial charge on any atom is 0.258 e. The van der Waals surface area contributed by atoms with Crippen LogP contribution in [0.3, 0.4) is 0 Å². The molecule has 11 heteroatoms. The molecule has 0 aliphatic carbocycles. The zero-order valence-electron chi connectivity index (χ0n) is 19.8. The highest BCUT2D eigenvalue weighted by molar-refractivity contribution is 5.95. The van der Waals surface area contributed by atoms with E-state index in [1.165, 1.54) is 13.4 Å². The third-order valence-corrected chi connectivity index (χ3v) is 5.47. The molecule has 0 radical (unpaired) electrons. The molecule has 0 spiro atoms. The van der Waals surface area contributed by atoms with Crippen LogP contribution in [0.15, 0.2) is 30.6 Å². The van der Waals surface area contributed by atoms with Gasteiger partial charge in [0.2, 0.25) is 0 Å². The van der Waals surface area contributed by atoms with Gasteiger partial charge in [-0.3, -0.25) is 9.59 Å². The van der Waals surface area contributed by atoms with Crippen molar-refractivity contribution in [1.29, 1.82) is 0 Å². The molecule has 1 saturated heterocycles. The number of benzene rings is 1. The number of carbonyl (C=O) groups is 2. The second kappa shape index (κ2) is 9.94. The number of anilines is 1. The molecule has 3 heterocycles. The van der Waals surface area contributed by atoms with Crippen molar-refractivity contribution >= 4 is 23.4 Å². The van der Waals surface area contributed by atoms with Gasteiger partial charge in [-0.15, -0.1) is 0 Å². The fourth-order valence-corrected chi connectivity index (χ4v) is 3.88. The number of hydrogen-bond acceptors (Lipinski definition) is 8. The number of nitrogens with one attached hydrogen (secondary N) is 1. The molecular weight excluding hydrogens is 438 g/mol. The second-order valence-electron chi connectivity index (χ2n) is 8.38. The molecule has 0 unspecified atom stereocenters. The number of rotatable bonds is 7. The van der Waals surface area contributed by atoms with E-state index in [2.05, 4.69) is 25.3 Å². The van der Waals surface area contributed by atoms with Crippen LogP contribution in [0.4, 0.5) is 5.82 Å². The van der Waals surface area contributed by atoms with Crippen molar-refractivity contribution in [2.24, 2.45) is 0 Å². The molecule has 4 rings (SSSR count). The number of ether oxygens (including phenoxy) is 2. The highest BCUT2D eigenvalue weighted by atomic mass is 16.5. The van der Waals surface area contributed by atoms with Gasteiger partial charge in [0, 0.05) is 49.5 Å². The first-order valence-corrected chi connectivity index (χ1v) is 11.2. The van der Waals surface area contributed by atoms with E-state index in [1.807, 2.05) is 31.7 Å². The van der Waals surface area contributed by atoms with Crippen molar-refractivity contribution in [2.45, 2.75) is 26.8 Å². The van der Waals surface area contributed by atoms with Gasteiger partial charge in [-0.25, -0.2) is 4.98 Å². The van der Waals surface area contributed by atoms with Crippen LogP contribution in [0.1, 0.15) is 29.9 Å². The first kappa shape index (κ1) is 23.3. The Labute approximate surface area is 197 Å². The first-order chi connectivity index (χ1) is 16.4. The molecule has 1 fully saturated rings. The fraction of sp³-hybridized carbons (Fsp3) is 0.435. The van der Waals surface area contributed by atoms with E-state index in [0.29, 0.717) is 49.0 Å². The Hall–Kier alpha value is -3.89. The van der Waals surface area contributed by atoms with Gasteiger partial charge in [0.1, 0.15) is 12.1 Å². The summed E-state index contributed by atoms with van der Waals surface area (Å²) >= 11 is 0. The topological polar surface area (TPSA) is 114 Å². The Bertz CT molecular complexity index is 1190. The Morgan fingerprint density at radius 3 is 2.59 bits per heavy atom. The lowest BCUT2D eigenvalue weighted by Crippen LogP contribution is -2.49. The zero-order chi connectivity index (χ0) is 24.2. The van der Waals surface area contributed by atoms with E-state index in [1.54, 1.807) is 22.7 Å². The van der Waals surface area contributed by atoms with Crippen molar-refractivity contribution in [1.82, 2.24) is 29.8 Å². The molecule has 1 N–H and O–H groups in total. The number of nitrogens with zero attached hydrogens (tertiary/aromatic N) is 6. The molecule has 0 bridgehead atoms. The molecule has 0 atom stereocenters. The number of fused-ring (bicyclic) bond motifs is 1. The van der Waals surface area contributed by atoms with Gasteiger partial charge in [-0.2, -0.15) is 14.6 Å². The van der Waals surface area contributed by atoms with Crippen LogP contribution in [0, 0.1) is 6.92 Å². The van der Waals surface area contributed by atoms with E-state index in [-0.39, 0.29) is 24.5 Å². The van der Waals surface area contributed by atoms with Crippen LogP contribution in [0.2, 0.25) is 0 Å². The minimum Gasteiger partial charge on any atom is -0.493 e. The minimum atomic E-state index is -0.220. The third-order valence-electron chi connectivity index (χ3n) is 5.47. The molecule has 0 saturated carbocycles. The van der Waals surface area contributed by atoms with E-state index in [0.717, 1.165) is 11.5 Å². The maximum atomic E-state index is 13.1. The highest BCUT2D eigenvalue weighted by Gasteiger charge is 2.25. The number of piperazine rings is 1. The predicted octanol–water partition coefficient (Wildman–Crippen LogP) is 1.31. The van der Waals surface area contributed by atoms with Crippen molar-refractivity contribution in [3.05, 3.63) is 41.9 Å². The normalized spacial score (nSPS) is 13.9. The molecule has 3 aromatic rings. The lowest BCUT2D eigenvalue weighted by Gasteiger charge is -2.36. The van der Waals surface area contributed by atoms with Crippen LogP contribution in [0.25, 0.3) is 5.78 Å². The molecule has 11 nitrogen and oxygen atoms in total. The van der Waals surface area contributed by atoms with Gasteiger partial charge in [-0.05, 0) is 39.0 Å². The minimum absolute atomic E-state index is 0.0308. The molecule has 1 aliphatic heterocycles. The number of aryl methyl sites for hydroxylation is 1. The van der Waals surface area contributed by atoms with Gasteiger partial charge in [0.15, 0.2) is 18.1 Å². The Balaban J connectivity index is 1.40. The van der Waals surface area contributed by atoms with Crippen LogP contribution >= 0.6 is 0 Å². The van der Waals surface area contributed by atoms with Crippen molar-refractivity contribution < 1.29 is 19.1 Å². The molecule has 34 heavy (non-hydrogen) atoms. The smallest absolute Gasteiger partial charge is 0.258 e. The lowest BCUT2D eigenvalue weighted by molar-refractivity contribution is -0.123.